The molecule has 0 bridgehead atoms. The third kappa shape index (κ3) is 30.9. The zero-order valence-corrected chi connectivity index (χ0v) is 39.5. The second kappa shape index (κ2) is 37.5. The molecule has 0 saturated heterocycles. The molecule has 3 N–H and O–H groups in total. The molecule has 1 aliphatic carbocycles. The van der Waals surface area contributed by atoms with E-state index in [9.17, 15) is 14.4 Å². The minimum absolute atomic E-state index is 0.00378. The van der Waals surface area contributed by atoms with Gasteiger partial charge in [0.15, 0.2) is 0 Å². The molecular weight excluding hydrogens is 763 g/mol. The van der Waals surface area contributed by atoms with Gasteiger partial charge in [0.25, 0.3) is 0 Å². The maximum atomic E-state index is 12.7. The highest BCUT2D eigenvalue weighted by molar-refractivity contribution is 5.78. The van der Waals surface area contributed by atoms with Gasteiger partial charge < -0.3 is 44.4 Å². The van der Waals surface area contributed by atoms with Crippen molar-refractivity contribution in [3.63, 3.8) is 0 Å². The lowest BCUT2D eigenvalue weighted by Crippen LogP contribution is -2.32. The van der Waals surface area contributed by atoms with E-state index < -0.39 is 0 Å². The van der Waals surface area contributed by atoms with Crippen molar-refractivity contribution >= 4 is 17.7 Å². The van der Waals surface area contributed by atoms with E-state index in [2.05, 4.69) is 64.4 Å². The Hall–Kier alpha value is -2.09. The van der Waals surface area contributed by atoms with Gasteiger partial charge in [0.2, 0.25) is 17.7 Å². The van der Waals surface area contributed by atoms with Crippen LogP contribution in [0.15, 0.2) is 11.1 Å². The summed E-state index contributed by atoms with van der Waals surface area (Å²) in [6, 6.07) is 0. The standard InChI is InChI=1S/C48H91N3O9/c1-8-27-55-31-35-59-38-34-58-30-22-45(52)49-25-14-28-56-32-36-60-37-33-57-29-15-26-51-47(54)43(9-2)19-10-11-24-50-46(53)39-41(4)17-12-16-40(3)20-21-44-42(5)18-13-23-48(44,6)7/h40-41,43H,8-39H2,1-7H3,(H,49,52)(H,50,53)(H,51,54)/t40?,41?,43-/m0/s1. The molecule has 1 aliphatic rings. The molecule has 0 fully saturated rings. The fraction of sp³-hybridized carbons (Fsp3) is 0.896. The van der Waals surface area contributed by atoms with Crippen LogP contribution in [0.4, 0.5) is 0 Å². The Labute approximate surface area is 366 Å². The highest BCUT2D eigenvalue weighted by Gasteiger charge is 2.28. The Morgan fingerprint density at radius 2 is 1.13 bits per heavy atom. The summed E-state index contributed by atoms with van der Waals surface area (Å²) in [4.78, 5) is 37.2. The van der Waals surface area contributed by atoms with Crippen molar-refractivity contribution < 1.29 is 42.8 Å². The Bertz CT molecular complexity index is 1120. The molecule has 0 spiro atoms. The average molecular weight is 854 g/mol. The van der Waals surface area contributed by atoms with E-state index in [1.807, 2.05) is 0 Å². The first-order valence-electron chi connectivity index (χ1n) is 24.0. The molecule has 1 rings (SSSR count). The summed E-state index contributed by atoms with van der Waals surface area (Å²) < 4.78 is 32.9. The van der Waals surface area contributed by atoms with Gasteiger partial charge in [-0.1, -0.05) is 78.4 Å². The topological polar surface area (TPSA) is 143 Å². The van der Waals surface area contributed by atoms with Crippen LogP contribution < -0.4 is 16.0 Å². The molecule has 3 amide bonds. The van der Waals surface area contributed by atoms with E-state index in [0.717, 1.165) is 63.9 Å². The van der Waals surface area contributed by atoms with E-state index in [4.69, 9.17) is 28.4 Å². The number of rotatable bonds is 41. The van der Waals surface area contributed by atoms with Crippen LogP contribution in [-0.2, 0) is 42.8 Å². The minimum Gasteiger partial charge on any atom is -0.379 e. The number of hydrogen-bond donors (Lipinski definition) is 3. The van der Waals surface area contributed by atoms with E-state index in [1.165, 1.54) is 44.9 Å². The summed E-state index contributed by atoms with van der Waals surface area (Å²) in [5.41, 5.74) is 3.72. The van der Waals surface area contributed by atoms with Crippen LogP contribution in [0.5, 0.6) is 0 Å². The van der Waals surface area contributed by atoms with Crippen LogP contribution in [-0.4, -0.2) is 117 Å². The van der Waals surface area contributed by atoms with Gasteiger partial charge in [-0.25, -0.2) is 0 Å². The fourth-order valence-corrected chi connectivity index (χ4v) is 7.75. The van der Waals surface area contributed by atoms with Gasteiger partial charge in [0, 0.05) is 58.2 Å². The van der Waals surface area contributed by atoms with E-state index in [0.29, 0.717) is 116 Å². The summed E-state index contributed by atoms with van der Waals surface area (Å²) in [5.74, 6) is 1.34. The van der Waals surface area contributed by atoms with Gasteiger partial charge >= 0.3 is 0 Å². The summed E-state index contributed by atoms with van der Waals surface area (Å²) >= 11 is 0. The molecule has 0 heterocycles. The highest BCUT2D eigenvalue weighted by atomic mass is 16.5. The minimum atomic E-state index is -0.0340. The molecule has 0 aromatic carbocycles. The Morgan fingerprint density at radius 3 is 1.73 bits per heavy atom. The van der Waals surface area contributed by atoms with E-state index >= 15 is 0 Å². The zero-order chi connectivity index (χ0) is 44.1. The number of nitrogens with one attached hydrogen (secondary N) is 3. The van der Waals surface area contributed by atoms with Crippen LogP contribution >= 0.6 is 0 Å². The number of ether oxygens (including phenoxy) is 6. The molecule has 60 heavy (non-hydrogen) atoms. The molecule has 0 radical (unpaired) electrons. The summed E-state index contributed by atoms with van der Waals surface area (Å²) in [7, 11) is 0. The maximum absolute atomic E-state index is 12.7. The van der Waals surface area contributed by atoms with E-state index in [1.54, 1.807) is 11.1 Å². The summed E-state index contributed by atoms with van der Waals surface area (Å²) in [6.07, 6.45) is 16.8. The number of hydrogen-bond acceptors (Lipinski definition) is 9. The zero-order valence-electron chi connectivity index (χ0n) is 39.5. The van der Waals surface area contributed by atoms with Crippen molar-refractivity contribution in [2.24, 2.45) is 23.2 Å². The molecule has 352 valence electrons. The number of allylic oxidation sites excluding steroid dienone is 2. The molecule has 12 nitrogen and oxygen atoms in total. The first-order valence-corrected chi connectivity index (χ1v) is 24.0. The second-order valence-corrected chi connectivity index (χ2v) is 17.6. The van der Waals surface area contributed by atoms with Crippen LogP contribution in [0.25, 0.3) is 0 Å². The van der Waals surface area contributed by atoms with Gasteiger partial charge in [0.1, 0.15) is 0 Å². The smallest absolute Gasteiger partial charge is 0.223 e. The van der Waals surface area contributed by atoms with Gasteiger partial charge in [-0.05, 0) is 94.8 Å². The Kier molecular flexibility index (Phi) is 34.9. The van der Waals surface area contributed by atoms with Gasteiger partial charge in [-0.15, -0.1) is 0 Å². The van der Waals surface area contributed by atoms with Crippen molar-refractivity contribution in [2.75, 3.05) is 98.9 Å². The number of amides is 3. The maximum Gasteiger partial charge on any atom is 0.223 e. The van der Waals surface area contributed by atoms with Crippen LogP contribution in [0, 0.1) is 23.2 Å². The Balaban J connectivity index is 1.91. The van der Waals surface area contributed by atoms with Crippen LogP contribution in [0.2, 0.25) is 0 Å². The predicted octanol–water partition coefficient (Wildman–Crippen LogP) is 8.35. The lowest BCUT2D eigenvalue weighted by molar-refractivity contribution is -0.125. The third-order valence-corrected chi connectivity index (χ3v) is 11.5. The first kappa shape index (κ1) is 55.9. The van der Waals surface area contributed by atoms with Crippen molar-refractivity contribution in [3.05, 3.63) is 11.1 Å². The molecule has 2 unspecified atom stereocenters. The quantitative estimate of drug-likeness (QED) is 0.0409. The summed E-state index contributed by atoms with van der Waals surface area (Å²) in [6.45, 7) is 24.1. The van der Waals surface area contributed by atoms with Crippen LogP contribution in [0.3, 0.4) is 0 Å². The summed E-state index contributed by atoms with van der Waals surface area (Å²) in [5, 5.41) is 9.04. The largest absolute Gasteiger partial charge is 0.379 e. The first-order chi connectivity index (χ1) is 29.0. The highest BCUT2D eigenvalue weighted by Crippen LogP contribution is 2.43. The van der Waals surface area contributed by atoms with E-state index in [-0.39, 0.29) is 23.6 Å². The molecular formula is C48H91N3O9. The molecule has 3 atom stereocenters. The van der Waals surface area contributed by atoms with Gasteiger partial charge in [0.05, 0.1) is 59.5 Å². The average Bonchev–Trinajstić information content (AvgIpc) is 3.20. The number of carbonyl (C=O) groups is 3. The fourth-order valence-electron chi connectivity index (χ4n) is 7.75. The molecule has 0 aliphatic heterocycles. The SMILES string of the molecule is CCCOCCOCCOCCC(=O)NCCCOCCOCCOCCCNC(=O)[C@@H](CC)CCCCNC(=O)CC(C)CCCC(C)CCC1=C(C)CCCC1(C)C. The lowest BCUT2D eigenvalue weighted by atomic mass is 9.70. The second-order valence-electron chi connectivity index (χ2n) is 17.6. The van der Waals surface area contributed by atoms with Crippen molar-refractivity contribution in [1.29, 1.82) is 0 Å². The monoisotopic (exact) mass is 854 g/mol. The van der Waals surface area contributed by atoms with Crippen molar-refractivity contribution in [1.82, 2.24) is 16.0 Å². The third-order valence-electron chi connectivity index (χ3n) is 11.5. The van der Waals surface area contributed by atoms with Gasteiger partial charge in [-0.2, -0.15) is 0 Å². The molecule has 0 aromatic heterocycles. The predicted molar refractivity (Wildman–Crippen MR) is 242 cm³/mol. The molecule has 12 heteroatoms. The van der Waals surface area contributed by atoms with Gasteiger partial charge in [-0.3, -0.25) is 14.4 Å². The normalized spacial score (nSPS) is 15.4. The van der Waals surface area contributed by atoms with Crippen molar-refractivity contribution in [2.45, 2.75) is 158 Å². The Morgan fingerprint density at radius 1 is 0.600 bits per heavy atom. The number of unbranched alkanes of at least 4 members (excludes halogenated alkanes) is 1. The molecule has 0 aromatic rings. The van der Waals surface area contributed by atoms with Crippen LogP contribution in [0.1, 0.15) is 158 Å². The molecule has 0 saturated carbocycles. The van der Waals surface area contributed by atoms with Crippen molar-refractivity contribution in [3.8, 4) is 0 Å². The lowest BCUT2D eigenvalue weighted by Gasteiger charge is -2.35. The number of carbonyl (C=O) groups excluding carboxylic acids is 3.